The van der Waals surface area contributed by atoms with Crippen molar-refractivity contribution < 1.29 is 27.8 Å². The molecule has 0 fully saturated rings. The van der Waals surface area contributed by atoms with Crippen LogP contribution >= 0.6 is 0 Å². The van der Waals surface area contributed by atoms with Crippen LogP contribution in [0, 0.1) is 6.92 Å². The molecule has 1 aromatic carbocycles. The van der Waals surface area contributed by atoms with Crippen LogP contribution in [0.4, 0.5) is 13.2 Å². The van der Waals surface area contributed by atoms with E-state index < -0.39 is 12.3 Å². The highest BCUT2D eigenvalue weighted by Gasteiger charge is 2.31. The van der Waals surface area contributed by atoms with Gasteiger partial charge in [0.2, 0.25) is 0 Å². The third kappa shape index (κ3) is 4.18. The zero-order chi connectivity index (χ0) is 13.1. The van der Waals surface area contributed by atoms with Crippen molar-refractivity contribution in [1.29, 1.82) is 0 Å². The van der Waals surface area contributed by atoms with E-state index in [0.717, 1.165) is 6.08 Å². The molecule has 0 unspecified atom stereocenters. The lowest BCUT2D eigenvalue weighted by molar-refractivity contribution is -0.274. The van der Waals surface area contributed by atoms with Gasteiger partial charge in [-0.25, -0.2) is 4.79 Å². The molecule has 92 valence electrons. The summed E-state index contributed by atoms with van der Waals surface area (Å²) in [5, 5.41) is 8.42. The molecule has 0 radical (unpaired) electrons. The Morgan fingerprint density at radius 1 is 1.41 bits per heavy atom. The molecule has 0 spiro atoms. The molecule has 17 heavy (non-hydrogen) atoms. The summed E-state index contributed by atoms with van der Waals surface area (Å²) in [6.45, 7) is 1.42. The molecule has 0 aliphatic rings. The van der Waals surface area contributed by atoms with Crippen molar-refractivity contribution in [3.63, 3.8) is 0 Å². The third-order valence-corrected chi connectivity index (χ3v) is 1.96. The quantitative estimate of drug-likeness (QED) is 0.834. The van der Waals surface area contributed by atoms with Gasteiger partial charge >= 0.3 is 12.3 Å². The van der Waals surface area contributed by atoms with Gasteiger partial charge in [-0.2, -0.15) is 0 Å². The number of aliphatic carboxylic acids is 1. The normalized spacial score (nSPS) is 11.8. The summed E-state index contributed by atoms with van der Waals surface area (Å²) in [4.78, 5) is 10.3. The van der Waals surface area contributed by atoms with Gasteiger partial charge in [0.15, 0.2) is 0 Å². The van der Waals surface area contributed by atoms with E-state index in [2.05, 4.69) is 4.74 Å². The first-order valence-electron chi connectivity index (χ1n) is 4.56. The van der Waals surface area contributed by atoms with Crippen molar-refractivity contribution >= 4 is 12.0 Å². The minimum atomic E-state index is -4.76. The maximum Gasteiger partial charge on any atom is 0.573 e. The number of benzene rings is 1. The van der Waals surface area contributed by atoms with Crippen molar-refractivity contribution in [2.75, 3.05) is 0 Å². The summed E-state index contributed by atoms with van der Waals surface area (Å²) >= 11 is 0. The van der Waals surface area contributed by atoms with Gasteiger partial charge in [0.25, 0.3) is 0 Å². The molecule has 0 aliphatic heterocycles. The number of ether oxygens (including phenoxy) is 1. The Bertz CT molecular complexity index is 450. The Balaban J connectivity index is 3.03. The van der Waals surface area contributed by atoms with E-state index in [-0.39, 0.29) is 11.3 Å². The molecule has 1 aromatic rings. The number of rotatable bonds is 3. The average Bonchev–Trinajstić information content (AvgIpc) is 2.17. The van der Waals surface area contributed by atoms with Crippen LogP contribution in [0.15, 0.2) is 24.3 Å². The van der Waals surface area contributed by atoms with E-state index in [1.165, 1.54) is 31.2 Å². The first-order chi connectivity index (χ1) is 7.79. The molecular weight excluding hydrogens is 237 g/mol. The first kappa shape index (κ1) is 13.1. The molecule has 1 N–H and O–H groups in total. The predicted octanol–water partition coefficient (Wildman–Crippen LogP) is 2.99. The van der Waals surface area contributed by atoms with E-state index in [4.69, 9.17) is 5.11 Å². The number of carboxylic acid groups (broad SMARTS) is 1. The Labute approximate surface area is 95.1 Å². The summed E-state index contributed by atoms with van der Waals surface area (Å²) in [5.74, 6) is -1.52. The second-order valence-corrected chi connectivity index (χ2v) is 3.19. The number of alkyl halides is 3. The van der Waals surface area contributed by atoms with Crippen LogP contribution in [0.5, 0.6) is 5.75 Å². The molecule has 3 nitrogen and oxygen atoms in total. The smallest absolute Gasteiger partial charge is 0.478 e. The van der Waals surface area contributed by atoms with E-state index in [0.29, 0.717) is 5.56 Å². The maximum atomic E-state index is 12.0. The summed E-state index contributed by atoms with van der Waals surface area (Å²) in [6.07, 6.45) is -2.71. The monoisotopic (exact) mass is 246 g/mol. The minimum absolute atomic E-state index is 0.224. The third-order valence-electron chi connectivity index (χ3n) is 1.96. The van der Waals surface area contributed by atoms with Crippen molar-refractivity contribution in [3.05, 3.63) is 35.4 Å². The molecule has 0 saturated carbocycles. The van der Waals surface area contributed by atoms with Crippen LogP contribution < -0.4 is 4.74 Å². The Morgan fingerprint density at radius 3 is 2.59 bits per heavy atom. The Kier molecular flexibility index (Phi) is 3.77. The second-order valence-electron chi connectivity index (χ2n) is 3.19. The van der Waals surface area contributed by atoms with Crippen molar-refractivity contribution in [3.8, 4) is 5.75 Å². The van der Waals surface area contributed by atoms with Crippen molar-refractivity contribution in [1.82, 2.24) is 0 Å². The van der Waals surface area contributed by atoms with Gasteiger partial charge < -0.3 is 9.84 Å². The molecule has 0 heterocycles. The van der Waals surface area contributed by atoms with Gasteiger partial charge in [-0.1, -0.05) is 12.1 Å². The number of hydrogen-bond donors (Lipinski definition) is 1. The highest BCUT2D eigenvalue weighted by atomic mass is 19.4. The molecule has 0 atom stereocenters. The topological polar surface area (TPSA) is 46.5 Å². The van der Waals surface area contributed by atoms with E-state index in [9.17, 15) is 18.0 Å². The van der Waals surface area contributed by atoms with Crippen LogP contribution in [0.2, 0.25) is 0 Å². The molecule has 0 aromatic heterocycles. The molecule has 0 bridgehead atoms. The van der Waals surface area contributed by atoms with Crippen LogP contribution in [-0.4, -0.2) is 17.4 Å². The zero-order valence-electron chi connectivity index (χ0n) is 8.78. The van der Waals surface area contributed by atoms with E-state index >= 15 is 0 Å². The lowest BCUT2D eigenvalue weighted by Gasteiger charge is -2.12. The van der Waals surface area contributed by atoms with Crippen LogP contribution in [0.1, 0.15) is 11.1 Å². The molecule has 6 heteroatoms. The SMILES string of the molecule is Cc1c(/C=C/C(=O)O)cccc1OC(F)(F)F. The maximum absolute atomic E-state index is 12.0. The summed E-state index contributed by atoms with van der Waals surface area (Å²) in [7, 11) is 0. The number of carbonyl (C=O) groups is 1. The number of hydrogen-bond acceptors (Lipinski definition) is 2. The van der Waals surface area contributed by atoms with Crippen LogP contribution in [0.3, 0.4) is 0 Å². The van der Waals surface area contributed by atoms with E-state index in [1.54, 1.807) is 0 Å². The van der Waals surface area contributed by atoms with Crippen molar-refractivity contribution in [2.45, 2.75) is 13.3 Å². The standard InChI is InChI=1S/C11H9F3O3/c1-7-8(5-6-10(15)16)3-2-4-9(7)17-11(12,13)14/h2-6H,1H3,(H,15,16)/b6-5+. The molecular formula is C11H9F3O3. The van der Waals surface area contributed by atoms with Crippen LogP contribution in [-0.2, 0) is 4.79 Å². The molecule has 1 rings (SSSR count). The molecule has 0 aliphatic carbocycles. The highest BCUT2D eigenvalue weighted by Crippen LogP contribution is 2.28. The zero-order valence-corrected chi connectivity index (χ0v) is 8.78. The largest absolute Gasteiger partial charge is 0.573 e. The van der Waals surface area contributed by atoms with Gasteiger partial charge in [-0.05, 0) is 30.2 Å². The van der Waals surface area contributed by atoms with Crippen molar-refractivity contribution in [2.24, 2.45) is 0 Å². The highest BCUT2D eigenvalue weighted by molar-refractivity contribution is 5.85. The number of halogens is 3. The van der Waals surface area contributed by atoms with Gasteiger partial charge in [0.1, 0.15) is 5.75 Å². The summed E-state index contributed by atoms with van der Waals surface area (Å²) in [6, 6.07) is 4.02. The molecule has 0 saturated heterocycles. The molecule has 0 amide bonds. The minimum Gasteiger partial charge on any atom is -0.478 e. The number of carboxylic acids is 1. The summed E-state index contributed by atoms with van der Waals surface area (Å²) in [5.41, 5.74) is 0.580. The lowest BCUT2D eigenvalue weighted by atomic mass is 10.1. The Morgan fingerprint density at radius 2 is 2.06 bits per heavy atom. The van der Waals surface area contributed by atoms with Gasteiger partial charge in [0, 0.05) is 6.08 Å². The average molecular weight is 246 g/mol. The Hall–Kier alpha value is -1.98. The second kappa shape index (κ2) is 4.90. The van der Waals surface area contributed by atoms with Gasteiger partial charge in [-0.3, -0.25) is 0 Å². The lowest BCUT2D eigenvalue weighted by Crippen LogP contribution is -2.17. The van der Waals surface area contributed by atoms with Crippen LogP contribution in [0.25, 0.3) is 6.08 Å². The van der Waals surface area contributed by atoms with E-state index in [1.807, 2.05) is 0 Å². The fraction of sp³-hybridized carbons (Fsp3) is 0.182. The fourth-order valence-electron chi connectivity index (χ4n) is 1.21. The van der Waals surface area contributed by atoms with Gasteiger partial charge in [0.05, 0.1) is 0 Å². The predicted molar refractivity (Wildman–Crippen MR) is 54.5 cm³/mol. The fourth-order valence-corrected chi connectivity index (χ4v) is 1.21. The summed E-state index contributed by atoms with van der Waals surface area (Å²) < 4.78 is 39.9. The first-order valence-corrected chi connectivity index (χ1v) is 4.56. The van der Waals surface area contributed by atoms with Gasteiger partial charge in [-0.15, -0.1) is 13.2 Å².